The van der Waals surface area contributed by atoms with E-state index in [-0.39, 0.29) is 0 Å². The second-order valence-electron chi connectivity index (χ2n) is 6.33. The summed E-state index contributed by atoms with van der Waals surface area (Å²) in [7, 11) is -3.38. The molecule has 1 aliphatic rings. The Morgan fingerprint density at radius 1 is 0.920 bits per heavy atom. The highest BCUT2D eigenvalue weighted by Gasteiger charge is 2.27. The third-order valence-corrected chi connectivity index (χ3v) is 6.38. The number of rotatable bonds is 5. The van der Waals surface area contributed by atoms with Crippen molar-refractivity contribution >= 4 is 16.1 Å². The van der Waals surface area contributed by atoms with Gasteiger partial charge >= 0.3 is 0 Å². The van der Waals surface area contributed by atoms with E-state index >= 15 is 0 Å². The molecule has 132 valence electrons. The number of nitrogens with zero attached hydrogens (tertiary/aromatic N) is 2. The Kier molecular flexibility index (Phi) is 5.68. The van der Waals surface area contributed by atoms with Crippen LogP contribution in [0.3, 0.4) is 0 Å². The maximum Gasteiger partial charge on any atom is 0.243 e. The molecule has 0 unspecified atom stereocenters. The molecule has 0 saturated carbocycles. The van der Waals surface area contributed by atoms with Crippen molar-refractivity contribution in [1.29, 1.82) is 0 Å². The molecule has 1 heterocycles. The van der Waals surface area contributed by atoms with Crippen LogP contribution >= 0.6 is 0 Å². The van der Waals surface area contributed by atoms with Crippen molar-refractivity contribution in [2.24, 2.45) is 0 Å². The Labute approximate surface area is 150 Å². The Morgan fingerprint density at radius 3 is 2.20 bits per heavy atom. The van der Waals surface area contributed by atoms with Crippen LogP contribution in [0.25, 0.3) is 6.08 Å². The van der Waals surface area contributed by atoms with Gasteiger partial charge in [0.25, 0.3) is 0 Å². The van der Waals surface area contributed by atoms with E-state index in [1.165, 1.54) is 5.56 Å². The molecule has 0 bridgehead atoms. The fourth-order valence-electron chi connectivity index (χ4n) is 2.91. The smallest absolute Gasteiger partial charge is 0.243 e. The molecular formula is C20H24N2O2S. The topological polar surface area (TPSA) is 40.6 Å². The minimum Gasteiger partial charge on any atom is -0.297 e. The molecule has 25 heavy (non-hydrogen) atoms. The molecule has 2 aromatic carbocycles. The maximum absolute atomic E-state index is 12.7. The first kappa shape index (κ1) is 17.9. The number of benzene rings is 2. The van der Waals surface area contributed by atoms with E-state index in [1.807, 2.05) is 37.3 Å². The van der Waals surface area contributed by atoms with Crippen molar-refractivity contribution in [3.8, 4) is 0 Å². The fourth-order valence-corrected chi connectivity index (χ4v) is 4.34. The quantitative estimate of drug-likeness (QED) is 0.827. The molecule has 3 rings (SSSR count). The fraction of sp³-hybridized carbons (Fsp3) is 0.300. The van der Waals surface area contributed by atoms with Crippen molar-refractivity contribution in [3.63, 3.8) is 0 Å². The lowest BCUT2D eigenvalue weighted by Gasteiger charge is -2.33. The molecular weight excluding hydrogens is 332 g/mol. The van der Waals surface area contributed by atoms with Gasteiger partial charge in [-0.05, 0) is 24.6 Å². The van der Waals surface area contributed by atoms with E-state index in [9.17, 15) is 8.42 Å². The number of piperazine rings is 1. The van der Waals surface area contributed by atoms with Crippen LogP contribution in [0.1, 0.15) is 11.1 Å². The average molecular weight is 356 g/mol. The van der Waals surface area contributed by atoms with Gasteiger partial charge in [-0.15, -0.1) is 0 Å². The Bertz CT molecular complexity index is 807. The summed E-state index contributed by atoms with van der Waals surface area (Å²) < 4.78 is 27.0. The van der Waals surface area contributed by atoms with Gasteiger partial charge in [0.15, 0.2) is 0 Å². The Morgan fingerprint density at radius 2 is 1.56 bits per heavy atom. The molecule has 0 radical (unpaired) electrons. The maximum atomic E-state index is 12.7. The van der Waals surface area contributed by atoms with Gasteiger partial charge in [-0.2, -0.15) is 4.31 Å². The van der Waals surface area contributed by atoms with E-state index in [0.29, 0.717) is 18.0 Å². The predicted octanol–water partition coefficient (Wildman–Crippen LogP) is 3.01. The van der Waals surface area contributed by atoms with Crippen molar-refractivity contribution in [1.82, 2.24) is 9.21 Å². The van der Waals surface area contributed by atoms with Gasteiger partial charge < -0.3 is 0 Å². The second-order valence-corrected chi connectivity index (χ2v) is 8.27. The molecule has 0 atom stereocenters. The number of sulfonamides is 1. The van der Waals surface area contributed by atoms with Crippen LogP contribution in [-0.2, 0) is 10.0 Å². The summed E-state index contributed by atoms with van der Waals surface area (Å²) in [4.78, 5) is 2.66. The minimum absolute atomic E-state index is 0.385. The lowest BCUT2D eigenvalue weighted by atomic mass is 10.2. The number of aryl methyl sites for hydroxylation is 1. The average Bonchev–Trinajstić information content (AvgIpc) is 2.63. The predicted molar refractivity (Wildman–Crippen MR) is 102 cm³/mol. The van der Waals surface area contributed by atoms with Gasteiger partial charge in [0, 0.05) is 32.7 Å². The van der Waals surface area contributed by atoms with Crippen LogP contribution in [0, 0.1) is 6.92 Å². The zero-order valence-electron chi connectivity index (χ0n) is 14.5. The number of hydrogen-bond donors (Lipinski definition) is 0. The summed E-state index contributed by atoms with van der Waals surface area (Å²) >= 11 is 0. The first-order chi connectivity index (χ1) is 12.1. The van der Waals surface area contributed by atoms with Gasteiger partial charge in [-0.25, -0.2) is 8.42 Å². The summed E-state index contributed by atoms with van der Waals surface area (Å²) in [5, 5.41) is 0. The van der Waals surface area contributed by atoms with Crippen molar-refractivity contribution < 1.29 is 8.42 Å². The number of hydrogen-bond acceptors (Lipinski definition) is 3. The van der Waals surface area contributed by atoms with Crippen LogP contribution in [0.2, 0.25) is 0 Å². The van der Waals surface area contributed by atoms with Crippen molar-refractivity contribution in [2.45, 2.75) is 11.8 Å². The van der Waals surface area contributed by atoms with E-state index in [2.05, 4.69) is 29.2 Å². The summed E-state index contributed by atoms with van der Waals surface area (Å²) in [6.07, 6.45) is 4.24. The zero-order valence-corrected chi connectivity index (χ0v) is 15.3. The monoisotopic (exact) mass is 356 g/mol. The largest absolute Gasteiger partial charge is 0.297 e. The molecule has 1 aliphatic heterocycles. The van der Waals surface area contributed by atoms with E-state index in [4.69, 9.17) is 0 Å². The molecule has 2 aromatic rings. The minimum atomic E-state index is -3.38. The molecule has 0 N–H and O–H groups in total. The van der Waals surface area contributed by atoms with Gasteiger partial charge in [0.1, 0.15) is 0 Å². The molecule has 0 amide bonds. The lowest BCUT2D eigenvalue weighted by molar-refractivity contribution is 0.204. The molecule has 0 aliphatic carbocycles. The van der Waals surface area contributed by atoms with Gasteiger partial charge in [-0.1, -0.05) is 60.2 Å². The third-order valence-electron chi connectivity index (χ3n) is 4.46. The van der Waals surface area contributed by atoms with Gasteiger partial charge in [0.2, 0.25) is 10.0 Å². The summed E-state index contributed by atoms with van der Waals surface area (Å²) in [5.41, 5.74) is 2.25. The van der Waals surface area contributed by atoms with E-state index in [0.717, 1.165) is 25.2 Å². The Hall–Kier alpha value is -1.95. The second kappa shape index (κ2) is 7.95. The highest BCUT2D eigenvalue weighted by atomic mass is 32.2. The summed E-state index contributed by atoms with van der Waals surface area (Å²) in [6.45, 7) is 5.38. The molecule has 1 fully saturated rings. The molecule has 1 saturated heterocycles. The Balaban J connectivity index is 1.54. The molecule has 0 spiro atoms. The van der Waals surface area contributed by atoms with E-state index in [1.54, 1.807) is 16.4 Å². The normalized spacial score (nSPS) is 17.2. The first-order valence-electron chi connectivity index (χ1n) is 8.56. The third kappa shape index (κ3) is 4.57. The zero-order chi connectivity index (χ0) is 17.7. The molecule has 0 aromatic heterocycles. The van der Waals surface area contributed by atoms with Gasteiger partial charge in [-0.3, -0.25) is 4.90 Å². The van der Waals surface area contributed by atoms with Crippen molar-refractivity contribution in [3.05, 3.63) is 71.8 Å². The molecule has 4 nitrogen and oxygen atoms in total. The highest BCUT2D eigenvalue weighted by molar-refractivity contribution is 7.89. The van der Waals surface area contributed by atoms with Crippen LogP contribution in [0.4, 0.5) is 0 Å². The van der Waals surface area contributed by atoms with Gasteiger partial charge in [0.05, 0.1) is 4.90 Å². The van der Waals surface area contributed by atoms with Crippen molar-refractivity contribution in [2.75, 3.05) is 32.7 Å². The SMILES string of the molecule is Cc1ccc(S(=O)(=O)N2CCN(CC=Cc3ccccc3)CC2)cc1. The van der Waals surface area contributed by atoms with Crippen LogP contribution < -0.4 is 0 Å². The first-order valence-corrected chi connectivity index (χ1v) is 10.0. The summed E-state index contributed by atoms with van der Waals surface area (Å²) in [5.74, 6) is 0. The van der Waals surface area contributed by atoms with E-state index < -0.39 is 10.0 Å². The van der Waals surface area contributed by atoms with Crippen LogP contribution in [-0.4, -0.2) is 50.3 Å². The molecule has 5 heteroatoms. The van der Waals surface area contributed by atoms with Crippen LogP contribution in [0.15, 0.2) is 65.6 Å². The highest BCUT2D eigenvalue weighted by Crippen LogP contribution is 2.18. The van der Waals surface area contributed by atoms with Crippen LogP contribution in [0.5, 0.6) is 0 Å². The standard InChI is InChI=1S/C20H24N2O2S/c1-18-9-11-20(12-10-18)25(23,24)22-16-14-21(15-17-22)13-5-8-19-6-3-2-4-7-19/h2-12H,13-17H2,1H3. The summed E-state index contributed by atoms with van der Waals surface area (Å²) in [6, 6.07) is 17.3. The lowest BCUT2D eigenvalue weighted by Crippen LogP contribution is -2.48.